The van der Waals surface area contributed by atoms with Crippen molar-refractivity contribution in [2.45, 2.75) is 36.4 Å². The molecule has 102 valence electrons. The molecular weight excluding hydrogens is 288 g/mol. The molecule has 3 heterocycles. The van der Waals surface area contributed by atoms with Crippen LogP contribution in [-0.2, 0) is 17.0 Å². The summed E-state index contributed by atoms with van der Waals surface area (Å²) in [5.74, 6) is 0.579. The molecule has 2 aromatic rings. The minimum absolute atomic E-state index is 0.144. The van der Waals surface area contributed by atoms with Gasteiger partial charge in [0.15, 0.2) is 0 Å². The molecule has 0 unspecified atom stereocenters. The highest BCUT2D eigenvalue weighted by molar-refractivity contribution is 7.98. The molecule has 0 saturated carbocycles. The van der Waals surface area contributed by atoms with Gasteiger partial charge < -0.3 is 4.74 Å². The van der Waals surface area contributed by atoms with Crippen LogP contribution in [0, 0.1) is 0 Å². The number of aromatic amines is 1. The average molecular weight is 300 g/mol. The maximum atomic E-state index is 11.0. The fourth-order valence-corrected chi connectivity index (χ4v) is 3.32. The number of hydrogen-bond acceptors (Lipinski definition) is 8. The highest BCUT2D eigenvalue weighted by Gasteiger charge is 2.19. The van der Waals surface area contributed by atoms with Crippen LogP contribution in [0.2, 0.25) is 0 Å². The first-order chi connectivity index (χ1) is 9.31. The van der Waals surface area contributed by atoms with Gasteiger partial charge in [-0.2, -0.15) is 5.10 Å². The van der Waals surface area contributed by atoms with E-state index in [0.717, 1.165) is 40.9 Å². The molecule has 1 N–H and O–H groups in total. The molecule has 1 aliphatic rings. The van der Waals surface area contributed by atoms with Crippen molar-refractivity contribution < 1.29 is 4.74 Å². The second-order valence-electron chi connectivity index (χ2n) is 4.07. The molecule has 1 atom stereocenters. The zero-order valence-electron chi connectivity index (χ0n) is 9.98. The van der Waals surface area contributed by atoms with Crippen molar-refractivity contribution in [1.82, 2.24) is 30.4 Å². The SMILES string of the molecule is O=c1[nH]nc(CSc2nnnn2C[C@@H]2CCCO2)s1. The first kappa shape index (κ1) is 12.8. The number of hydrogen-bond donors (Lipinski definition) is 1. The number of tetrazole rings is 1. The van der Waals surface area contributed by atoms with Crippen LogP contribution in [0.4, 0.5) is 0 Å². The van der Waals surface area contributed by atoms with Gasteiger partial charge in [0.2, 0.25) is 5.16 Å². The van der Waals surface area contributed by atoms with Crippen molar-refractivity contribution in [2.75, 3.05) is 6.61 Å². The largest absolute Gasteiger partial charge is 0.376 e. The Kier molecular flexibility index (Phi) is 3.89. The highest BCUT2D eigenvalue weighted by Crippen LogP contribution is 2.21. The number of H-pyrrole nitrogens is 1. The van der Waals surface area contributed by atoms with Gasteiger partial charge >= 0.3 is 4.87 Å². The van der Waals surface area contributed by atoms with E-state index in [1.54, 1.807) is 4.68 Å². The predicted molar refractivity (Wildman–Crippen MR) is 69.1 cm³/mol. The van der Waals surface area contributed by atoms with Gasteiger partial charge in [-0.1, -0.05) is 23.1 Å². The minimum Gasteiger partial charge on any atom is -0.376 e. The van der Waals surface area contributed by atoms with Crippen LogP contribution in [0.1, 0.15) is 17.8 Å². The number of nitrogens with one attached hydrogen (secondary N) is 1. The molecule has 0 spiro atoms. The second kappa shape index (κ2) is 5.80. The molecule has 1 aliphatic heterocycles. The summed E-state index contributed by atoms with van der Waals surface area (Å²) in [6.07, 6.45) is 2.34. The summed E-state index contributed by atoms with van der Waals surface area (Å²) in [5.41, 5.74) is 0. The van der Waals surface area contributed by atoms with E-state index in [2.05, 4.69) is 25.7 Å². The Bertz CT molecular complexity index is 587. The molecule has 0 bridgehead atoms. The van der Waals surface area contributed by atoms with Crippen molar-refractivity contribution in [3.8, 4) is 0 Å². The minimum atomic E-state index is -0.144. The van der Waals surface area contributed by atoms with E-state index in [4.69, 9.17) is 4.74 Å². The zero-order valence-corrected chi connectivity index (χ0v) is 11.6. The van der Waals surface area contributed by atoms with Gasteiger partial charge in [-0.25, -0.2) is 9.78 Å². The van der Waals surface area contributed by atoms with Crippen molar-refractivity contribution in [2.24, 2.45) is 0 Å². The van der Waals surface area contributed by atoms with Crippen molar-refractivity contribution in [3.63, 3.8) is 0 Å². The van der Waals surface area contributed by atoms with Gasteiger partial charge in [-0.15, -0.1) is 5.10 Å². The summed E-state index contributed by atoms with van der Waals surface area (Å²) >= 11 is 2.57. The standard InChI is InChI=1S/C9H12N6O2S2/c16-9-12-10-7(19-9)5-18-8-11-13-14-15(8)4-6-2-1-3-17-6/h6H,1-5H2,(H,12,16)/t6-/m0/s1. The molecule has 19 heavy (non-hydrogen) atoms. The summed E-state index contributed by atoms with van der Waals surface area (Å²) in [7, 11) is 0. The molecule has 1 saturated heterocycles. The third kappa shape index (κ3) is 3.19. The lowest BCUT2D eigenvalue weighted by atomic mass is 10.2. The topological polar surface area (TPSA) is 98.6 Å². The van der Waals surface area contributed by atoms with Crippen molar-refractivity contribution >= 4 is 23.1 Å². The van der Waals surface area contributed by atoms with E-state index in [0.29, 0.717) is 12.3 Å². The second-order valence-corrected chi connectivity index (χ2v) is 6.06. The van der Waals surface area contributed by atoms with Crippen LogP contribution in [0.5, 0.6) is 0 Å². The Morgan fingerprint density at radius 3 is 3.26 bits per heavy atom. The summed E-state index contributed by atoms with van der Waals surface area (Å²) in [5, 5.41) is 19.4. The van der Waals surface area contributed by atoms with Crippen molar-refractivity contribution in [3.05, 3.63) is 14.7 Å². The Balaban J connectivity index is 1.61. The monoisotopic (exact) mass is 300 g/mol. The van der Waals surface area contributed by atoms with Gasteiger partial charge in [0.25, 0.3) is 0 Å². The quantitative estimate of drug-likeness (QED) is 0.792. The van der Waals surface area contributed by atoms with Crippen LogP contribution >= 0.6 is 23.1 Å². The van der Waals surface area contributed by atoms with Crippen LogP contribution < -0.4 is 4.87 Å². The van der Waals surface area contributed by atoms with Crippen molar-refractivity contribution in [1.29, 1.82) is 0 Å². The van der Waals surface area contributed by atoms with E-state index in [1.165, 1.54) is 11.8 Å². The van der Waals surface area contributed by atoms with E-state index in [9.17, 15) is 4.79 Å². The first-order valence-corrected chi connectivity index (χ1v) is 7.66. The lowest BCUT2D eigenvalue weighted by Gasteiger charge is -2.09. The van der Waals surface area contributed by atoms with Gasteiger partial charge in [0.1, 0.15) is 5.01 Å². The molecule has 10 heteroatoms. The Morgan fingerprint density at radius 1 is 1.58 bits per heavy atom. The number of rotatable bonds is 5. The molecule has 0 amide bonds. The first-order valence-electron chi connectivity index (χ1n) is 5.86. The van der Waals surface area contributed by atoms with Gasteiger partial charge in [0.05, 0.1) is 18.4 Å². The van der Waals surface area contributed by atoms with E-state index >= 15 is 0 Å². The fraction of sp³-hybridized carbons (Fsp3) is 0.667. The lowest BCUT2D eigenvalue weighted by molar-refractivity contribution is 0.0912. The summed E-state index contributed by atoms with van der Waals surface area (Å²) in [6, 6.07) is 0. The number of nitrogens with zero attached hydrogens (tertiary/aromatic N) is 5. The average Bonchev–Trinajstić information content (AvgIpc) is 3.10. The molecule has 0 aromatic carbocycles. The van der Waals surface area contributed by atoms with Gasteiger partial charge in [-0.05, 0) is 23.3 Å². The molecule has 0 radical (unpaired) electrons. The number of ether oxygens (including phenoxy) is 1. The number of aromatic nitrogens is 6. The zero-order chi connectivity index (χ0) is 13.1. The molecular formula is C9H12N6O2S2. The lowest BCUT2D eigenvalue weighted by Crippen LogP contribution is -2.16. The third-order valence-corrected chi connectivity index (χ3v) is 4.61. The van der Waals surface area contributed by atoms with Crippen LogP contribution in [0.15, 0.2) is 9.95 Å². The summed E-state index contributed by atoms with van der Waals surface area (Å²) in [4.78, 5) is 10.8. The summed E-state index contributed by atoms with van der Waals surface area (Å²) in [6.45, 7) is 1.49. The van der Waals surface area contributed by atoms with Gasteiger partial charge in [-0.3, -0.25) is 4.79 Å². The smallest absolute Gasteiger partial charge is 0.322 e. The van der Waals surface area contributed by atoms with Gasteiger partial charge in [0, 0.05) is 6.61 Å². The summed E-state index contributed by atoms with van der Waals surface area (Å²) < 4.78 is 7.31. The third-order valence-electron chi connectivity index (χ3n) is 2.71. The molecule has 1 fully saturated rings. The highest BCUT2D eigenvalue weighted by atomic mass is 32.2. The van der Waals surface area contributed by atoms with E-state index in [1.807, 2.05) is 0 Å². The maximum absolute atomic E-state index is 11.0. The fourth-order valence-electron chi connectivity index (χ4n) is 1.84. The van der Waals surface area contributed by atoms with Crippen LogP contribution in [-0.4, -0.2) is 43.1 Å². The normalized spacial score (nSPS) is 19.1. The maximum Gasteiger partial charge on any atom is 0.322 e. The Hall–Kier alpha value is -1.26. The molecule has 8 nitrogen and oxygen atoms in total. The van der Waals surface area contributed by atoms with E-state index < -0.39 is 0 Å². The molecule has 2 aromatic heterocycles. The molecule has 3 rings (SSSR count). The van der Waals surface area contributed by atoms with Crippen LogP contribution in [0.3, 0.4) is 0 Å². The van der Waals surface area contributed by atoms with Crippen LogP contribution in [0.25, 0.3) is 0 Å². The Labute approximate surface area is 116 Å². The Morgan fingerprint density at radius 2 is 2.53 bits per heavy atom. The number of thioether (sulfide) groups is 1. The predicted octanol–water partition coefficient (Wildman–Crippen LogP) is 0.289. The molecule has 0 aliphatic carbocycles. The van der Waals surface area contributed by atoms with E-state index in [-0.39, 0.29) is 11.0 Å².